The number of ketones is 1. The van der Waals surface area contributed by atoms with Gasteiger partial charge in [0.05, 0.1) is 12.1 Å². The van der Waals surface area contributed by atoms with Gasteiger partial charge in [0, 0.05) is 12.0 Å². The van der Waals surface area contributed by atoms with Crippen LogP contribution in [0.5, 0.6) is 5.75 Å². The normalized spacial score (nSPS) is 26.6. The summed E-state index contributed by atoms with van der Waals surface area (Å²) < 4.78 is 5.46. The molecule has 2 aliphatic heterocycles. The van der Waals surface area contributed by atoms with E-state index in [-0.39, 0.29) is 11.3 Å². The van der Waals surface area contributed by atoms with Gasteiger partial charge in [-0.3, -0.25) is 4.79 Å². The number of nitrogens with one attached hydrogen (secondary N) is 1. The van der Waals surface area contributed by atoms with E-state index in [1.54, 1.807) is 0 Å². The first kappa shape index (κ1) is 10.8. The molecule has 90 valence electrons. The van der Waals surface area contributed by atoms with E-state index in [0.717, 1.165) is 49.3 Å². The number of rotatable bonds is 2. The highest BCUT2D eigenvalue weighted by Crippen LogP contribution is 2.29. The maximum absolute atomic E-state index is 12.5. The fourth-order valence-corrected chi connectivity index (χ4v) is 2.73. The zero-order valence-electron chi connectivity index (χ0n) is 10.1. The number of carbonyl (C=O) groups excluding carboxylic acids is 1. The Balaban J connectivity index is 1.91. The van der Waals surface area contributed by atoms with Gasteiger partial charge in [-0.15, -0.1) is 0 Å². The van der Waals surface area contributed by atoms with E-state index in [1.165, 1.54) is 0 Å². The summed E-state index contributed by atoms with van der Waals surface area (Å²) in [6, 6.07) is 5.81. The average molecular weight is 231 g/mol. The second-order valence-corrected chi connectivity index (χ2v) is 5.11. The van der Waals surface area contributed by atoms with Crippen molar-refractivity contribution in [3.05, 3.63) is 29.3 Å². The minimum absolute atomic E-state index is 0.213. The zero-order valence-corrected chi connectivity index (χ0v) is 10.1. The van der Waals surface area contributed by atoms with E-state index in [1.807, 2.05) is 25.1 Å². The molecular formula is C14H17NO2. The molecule has 1 unspecified atom stereocenters. The van der Waals surface area contributed by atoms with Gasteiger partial charge in [0.25, 0.3) is 0 Å². The molecule has 0 amide bonds. The molecule has 2 aliphatic rings. The average Bonchev–Trinajstić information content (AvgIpc) is 2.96. The van der Waals surface area contributed by atoms with E-state index in [2.05, 4.69) is 5.32 Å². The highest BCUT2D eigenvalue weighted by Gasteiger charge is 2.36. The first-order valence-electron chi connectivity index (χ1n) is 6.25. The fourth-order valence-electron chi connectivity index (χ4n) is 2.73. The Morgan fingerprint density at radius 3 is 3.12 bits per heavy atom. The predicted molar refractivity (Wildman–Crippen MR) is 65.6 cm³/mol. The number of carbonyl (C=O) groups is 1. The molecular weight excluding hydrogens is 214 g/mol. The smallest absolute Gasteiger partial charge is 0.182 e. The standard InChI is InChI=1S/C14H17NO2/c1-14(6-2-7-15-14)13(16)11-3-4-12-10(9-11)5-8-17-12/h3-4,9,15H,2,5-8H2,1H3. The molecule has 1 saturated heterocycles. The minimum atomic E-state index is -0.367. The van der Waals surface area contributed by atoms with Crippen LogP contribution in [0.2, 0.25) is 0 Å². The van der Waals surface area contributed by atoms with Gasteiger partial charge in [-0.05, 0) is 50.1 Å². The van der Waals surface area contributed by atoms with Crippen LogP contribution in [0.3, 0.4) is 0 Å². The van der Waals surface area contributed by atoms with Crippen LogP contribution in [0, 0.1) is 0 Å². The first-order valence-corrected chi connectivity index (χ1v) is 6.25. The number of hydrogen-bond acceptors (Lipinski definition) is 3. The van der Waals surface area contributed by atoms with Gasteiger partial charge in [0.2, 0.25) is 0 Å². The van der Waals surface area contributed by atoms with Crippen LogP contribution in [0.25, 0.3) is 0 Å². The topological polar surface area (TPSA) is 38.3 Å². The lowest BCUT2D eigenvalue weighted by Gasteiger charge is -2.22. The zero-order chi connectivity index (χ0) is 11.9. The largest absolute Gasteiger partial charge is 0.493 e. The summed E-state index contributed by atoms with van der Waals surface area (Å²) in [6.45, 7) is 3.69. The molecule has 0 aliphatic carbocycles. The fraction of sp³-hybridized carbons (Fsp3) is 0.500. The van der Waals surface area contributed by atoms with Crippen molar-refractivity contribution in [2.45, 2.75) is 31.7 Å². The van der Waals surface area contributed by atoms with Gasteiger partial charge in [-0.1, -0.05) is 0 Å². The minimum Gasteiger partial charge on any atom is -0.493 e. The molecule has 2 heterocycles. The van der Waals surface area contributed by atoms with E-state index in [0.29, 0.717) is 0 Å². The summed E-state index contributed by atoms with van der Waals surface area (Å²) in [5.74, 6) is 1.15. The Bertz CT molecular complexity index is 461. The lowest BCUT2D eigenvalue weighted by molar-refractivity contribution is 0.0884. The Morgan fingerprint density at radius 1 is 1.47 bits per heavy atom. The Kier molecular flexibility index (Phi) is 2.44. The van der Waals surface area contributed by atoms with Crippen LogP contribution in [0.4, 0.5) is 0 Å². The Morgan fingerprint density at radius 2 is 2.35 bits per heavy atom. The van der Waals surface area contributed by atoms with Crippen molar-refractivity contribution < 1.29 is 9.53 Å². The van der Waals surface area contributed by atoms with Crippen molar-refractivity contribution in [1.82, 2.24) is 5.32 Å². The quantitative estimate of drug-likeness (QED) is 0.791. The van der Waals surface area contributed by atoms with Gasteiger partial charge in [-0.25, -0.2) is 0 Å². The third kappa shape index (κ3) is 1.75. The number of fused-ring (bicyclic) bond motifs is 1. The molecule has 3 heteroatoms. The van der Waals surface area contributed by atoms with E-state index in [4.69, 9.17) is 4.74 Å². The molecule has 0 saturated carbocycles. The highest BCUT2D eigenvalue weighted by atomic mass is 16.5. The molecule has 0 aromatic heterocycles. The second-order valence-electron chi connectivity index (χ2n) is 5.11. The maximum Gasteiger partial charge on any atom is 0.182 e. The predicted octanol–water partition coefficient (Wildman–Crippen LogP) is 1.95. The molecule has 0 radical (unpaired) electrons. The van der Waals surface area contributed by atoms with Gasteiger partial charge in [0.15, 0.2) is 5.78 Å². The van der Waals surface area contributed by atoms with E-state index < -0.39 is 0 Å². The molecule has 1 N–H and O–H groups in total. The molecule has 0 spiro atoms. The first-order chi connectivity index (χ1) is 8.19. The number of ether oxygens (including phenoxy) is 1. The van der Waals surface area contributed by atoms with Crippen molar-refractivity contribution in [2.75, 3.05) is 13.2 Å². The van der Waals surface area contributed by atoms with Gasteiger partial charge in [-0.2, -0.15) is 0 Å². The van der Waals surface area contributed by atoms with E-state index >= 15 is 0 Å². The van der Waals surface area contributed by atoms with Gasteiger partial charge >= 0.3 is 0 Å². The van der Waals surface area contributed by atoms with Crippen LogP contribution in [0.1, 0.15) is 35.7 Å². The summed E-state index contributed by atoms with van der Waals surface area (Å²) >= 11 is 0. The SMILES string of the molecule is CC1(C(=O)c2ccc3c(c2)CCO3)CCCN1. The monoisotopic (exact) mass is 231 g/mol. The molecule has 1 atom stereocenters. The summed E-state index contributed by atoms with van der Waals surface area (Å²) in [4.78, 5) is 12.5. The van der Waals surface area contributed by atoms with Crippen molar-refractivity contribution in [3.8, 4) is 5.75 Å². The molecule has 3 rings (SSSR count). The molecule has 17 heavy (non-hydrogen) atoms. The molecule has 0 bridgehead atoms. The van der Waals surface area contributed by atoms with Gasteiger partial charge in [0.1, 0.15) is 5.75 Å². The van der Waals surface area contributed by atoms with Crippen molar-refractivity contribution in [3.63, 3.8) is 0 Å². The number of hydrogen-bond donors (Lipinski definition) is 1. The van der Waals surface area contributed by atoms with Crippen molar-refractivity contribution in [2.24, 2.45) is 0 Å². The van der Waals surface area contributed by atoms with Crippen LogP contribution in [-0.4, -0.2) is 24.5 Å². The van der Waals surface area contributed by atoms with Crippen LogP contribution >= 0.6 is 0 Å². The van der Waals surface area contributed by atoms with Crippen molar-refractivity contribution in [1.29, 1.82) is 0 Å². The number of Topliss-reactive ketones (excluding diaryl/α,β-unsaturated/α-hetero) is 1. The molecule has 1 fully saturated rings. The molecule has 1 aromatic rings. The van der Waals surface area contributed by atoms with Crippen LogP contribution in [0.15, 0.2) is 18.2 Å². The summed E-state index contributed by atoms with van der Waals surface area (Å²) in [6.07, 6.45) is 2.93. The van der Waals surface area contributed by atoms with Crippen LogP contribution in [-0.2, 0) is 6.42 Å². The summed E-state index contributed by atoms with van der Waals surface area (Å²) in [5, 5.41) is 3.32. The van der Waals surface area contributed by atoms with Crippen molar-refractivity contribution >= 4 is 5.78 Å². The maximum atomic E-state index is 12.5. The molecule has 1 aromatic carbocycles. The Hall–Kier alpha value is -1.35. The highest BCUT2D eigenvalue weighted by molar-refractivity contribution is 6.03. The van der Waals surface area contributed by atoms with E-state index in [9.17, 15) is 4.79 Å². The second kappa shape index (κ2) is 3.84. The number of benzene rings is 1. The summed E-state index contributed by atoms with van der Waals surface area (Å²) in [5.41, 5.74) is 1.61. The lowest BCUT2D eigenvalue weighted by atomic mass is 9.89. The van der Waals surface area contributed by atoms with Crippen LogP contribution < -0.4 is 10.1 Å². The molecule has 3 nitrogen and oxygen atoms in total. The Labute approximate surface area is 101 Å². The third-order valence-electron chi connectivity index (χ3n) is 3.82. The van der Waals surface area contributed by atoms with Gasteiger partial charge < -0.3 is 10.1 Å². The lowest BCUT2D eigenvalue weighted by Crippen LogP contribution is -2.44. The summed E-state index contributed by atoms with van der Waals surface area (Å²) in [7, 11) is 0. The third-order valence-corrected chi connectivity index (χ3v) is 3.82.